The molecule has 4 N–H and O–H groups in total. The number of furan rings is 1. The van der Waals surface area contributed by atoms with E-state index in [4.69, 9.17) is 22.5 Å². The van der Waals surface area contributed by atoms with Crippen molar-refractivity contribution in [3.05, 3.63) is 190 Å². The number of Topliss-reactive ketones (excluding diaryl/α,β-unsaturated/α-hetero) is 1. The van der Waals surface area contributed by atoms with Crippen molar-refractivity contribution in [2.45, 2.75) is 199 Å². The minimum Gasteiger partial charge on any atom is -0.467 e. The van der Waals surface area contributed by atoms with Crippen molar-refractivity contribution in [3.63, 3.8) is 0 Å². The highest BCUT2D eigenvalue weighted by Gasteiger charge is 2.42. The van der Waals surface area contributed by atoms with E-state index in [-0.39, 0.29) is 28.9 Å². The molecule has 12 aliphatic rings. The van der Waals surface area contributed by atoms with Crippen LogP contribution in [0.1, 0.15) is 237 Å². The van der Waals surface area contributed by atoms with Crippen LogP contribution in [0.25, 0.3) is 88.9 Å². The summed E-state index contributed by atoms with van der Waals surface area (Å²) in [4.78, 5) is 86.2. The van der Waals surface area contributed by atoms with Crippen LogP contribution in [0.2, 0.25) is 0 Å². The normalized spacial score (nSPS) is 18.9. The largest absolute Gasteiger partial charge is 0.467 e. The molecule has 0 spiro atoms. The number of ketones is 5. The molecule has 137 heavy (non-hydrogen) atoms. The molecule has 0 radical (unpaired) electrons. The summed E-state index contributed by atoms with van der Waals surface area (Å²) in [6.45, 7) is 21.7. The second-order valence-corrected chi connectivity index (χ2v) is 39.9. The topological polar surface area (TPSA) is 277 Å². The third-order valence-electron chi connectivity index (χ3n) is 31.5. The molecule has 8 aromatic carbocycles. The first-order chi connectivity index (χ1) is 67.4. The van der Waals surface area contributed by atoms with Crippen molar-refractivity contribution in [2.24, 2.45) is 0 Å². The Bertz CT molecular complexity index is 6650. The maximum Gasteiger partial charge on any atom is 0.196 e. The van der Waals surface area contributed by atoms with E-state index in [1.807, 2.05) is 115 Å². The average molecular weight is 1840 g/mol. The molecule has 710 valence electrons. The van der Waals surface area contributed by atoms with E-state index in [2.05, 4.69) is 113 Å². The van der Waals surface area contributed by atoms with E-state index in [9.17, 15) is 24.0 Å². The van der Waals surface area contributed by atoms with Gasteiger partial charge in [0.15, 0.2) is 46.2 Å². The minimum atomic E-state index is -0.0110. The number of hydrogen-bond donors (Lipinski definition) is 4. The fraction of sp³-hybridized carbons (Fsp3) is 0.450. The Morgan fingerprint density at radius 3 is 0.993 bits per heavy atom. The smallest absolute Gasteiger partial charge is 0.196 e. The highest BCUT2D eigenvalue weighted by molar-refractivity contribution is 6.32. The molecule has 0 amide bonds. The molecule has 13 aromatic rings. The summed E-state index contributed by atoms with van der Waals surface area (Å²) in [7, 11) is 2.13. The summed E-state index contributed by atoms with van der Waals surface area (Å²) in [5.41, 5.74) is 19.6. The number of likely N-dealkylation sites (N-methyl/N-ethyl adjacent to an activating group) is 1. The zero-order valence-electron chi connectivity index (χ0n) is 79.4. The number of unbranched alkanes of at least 4 members (excludes halogenated alkanes) is 1. The van der Waals surface area contributed by atoms with Crippen LogP contribution in [0.3, 0.4) is 0 Å². The van der Waals surface area contributed by atoms with Gasteiger partial charge in [-0.25, -0.2) is 0 Å². The fourth-order valence-electron chi connectivity index (χ4n) is 24.1. The number of benzene rings is 8. The number of anilines is 8. The first kappa shape index (κ1) is 89.7. The van der Waals surface area contributed by atoms with E-state index in [0.717, 1.165) is 296 Å². The molecule has 9 heterocycles. The van der Waals surface area contributed by atoms with E-state index in [1.54, 1.807) is 13.2 Å². The zero-order valence-corrected chi connectivity index (χ0v) is 79.4. The Labute approximate surface area is 799 Å². The van der Waals surface area contributed by atoms with E-state index in [0.29, 0.717) is 76.0 Å². The van der Waals surface area contributed by atoms with E-state index in [1.165, 1.54) is 116 Å². The number of nitrogens with zero attached hydrogens (tertiary/aromatic N) is 12. The molecule has 4 aliphatic heterocycles. The van der Waals surface area contributed by atoms with E-state index >= 15 is 0 Å². The standard InChI is InChI=1S/C30H36N4O2.C29H34N4O3.C28H34N4O2.C24H22N4O3/c35-29-22-13-7-8-14-23(22)30-27-26(29)24(31-20-9-3-1-4-10-20)19-25(28(27)32-36-30)34-17-15-33(16-18-34)21-11-5-2-6-12-21;1-19(34)8-7-13-30-23-18-24(33-16-14-32(15-17-33)20-9-3-2-4-10-20)27-26-25(23)28(35)21-11-5-6-12-22(21)29(26)36-31-27;1-2-3-13-29-22-18-23(32-16-14-31(15-17-32)19-9-5-4-6-10-19)26-25-24(22)27(33)20-11-7-8-12-21(20)28(25)34-30-26;1-27-8-10-28(11-9-27)19-13-18(25-14-15-5-4-12-30-15)20-21-22(19)26-31-24(21)17-7-3-2-6-16(17)23(20)29/h7-8,13-14,19-21,31H,1-6,9-12,15-18H2;5-6,11-12,18,20,30H,2-4,7-10,13-17H2,1H3;7-8,11-12,18-19,29H,2-6,9-10,13-17H2,1H3;2-7,12-13,25H,8-11,14H2,1H3. The Morgan fingerprint density at radius 2 is 0.664 bits per heavy atom. The Hall–Kier alpha value is -12.5. The lowest BCUT2D eigenvalue weighted by atomic mass is 9.85. The zero-order chi connectivity index (χ0) is 92.7. The maximum absolute atomic E-state index is 13.8. The lowest BCUT2D eigenvalue weighted by Crippen LogP contribution is -2.51. The number of nitrogens with one attached hydrogen (secondary N) is 4. The van der Waals surface area contributed by atoms with E-state index < -0.39 is 0 Å². The fourth-order valence-corrected chi connectivity index (χ4v) is 24.1. The SMILES string of the molecule is CC(=O)CCCNc1cc(N2CCN(C3CCCCC3)CC2)c2noc3c2c1C(=O)c1ccccc1-3.CCCCNc1cc(N2CCN(C3CCCCC3)CC2)c2noc3c2c1C(=O)c1ccccc1-3.CN1CCN(c2cc(NCc3ccco3)c3c4c(onc24)-c2ccccc2C3=O)CC1.O=C1c2ccccc2-c2onc3c(N4CCN(C5CCCCC5)CC4)cc(NC4CCCCC4)c1c23. The predicted molar refractivity (Wildman–Crippen MR) is 542 cm³/mol. The summed E-state index contributed by atoms with van der Waals surface area (Å²) in [5.74, 6) is 3.91. The van der Waals surface area contributed by atoms with Gasteiger partial charge in [-0.3, -0.25) is 33.9 Å². The van der Waals surface area contributed by atoms with Crippen LogP contribution in [0.5, 0.6) is 0 Å². The Balaban J connectivity index is 0.000000106. The molecule has 0 bridgehead atoms. The van der Waals surface area contributed by atoms with Crippen molar-refractivity contribution >= 4 is 118 Å². The van der Waals surface area contributed by atoms with Crippen LogP contribution >= 0.6 is 0 Å². The summed E-state index contributed by atoms with van der Waals surface area (Å²) in [6, 6.07) is 45.6. The van der Waals surface area contributed by atoms with Gasteiger partial charge < -0.3 is 73.1 Å². The van der Waals surface area contributed by atoms with Crippen LogP contribution in [0.15, 0.2) is 162 Å². The number of hydrogen-bond acceptors (Lipinski definition) is 26. The molecule has 8 aliphatic carbocycles. The molecule has 4 saturated heterocycles. The molecule has 8 fully saturated rings. The predicted octanol–water partition coefficient (Wildman–Crippen LogP) is 21.2. The van der Waals surface area contributed by atoms with Gasteiger partial charge in [-0.2, -0.15) is 0 Å². The number of fused-ring (bicyclic) bond motifs is 8. The molecule has 5 aromatic heterocycles. The Morgan fingerprint density at radius 1 is 0.358 bits per heavy atom. The van der Waals surface area contributed by atoms with Crippen LogP contribution < -0.4 is 40.9 Å². The molecular weight excluding hydrogens is 1720 g/mol. The van der Waals surface area contributed by atoms with Crippen LogP contribution in [0, 0.1) is 0 Å². The number of carbonyl (C=O) groups excluding carboxylic acids is 5. The van der Waals surface area contributed by atoms with Gasteiger partial charge >= 0.3 is 0 Å². The van der Waals surface area contributed by atoms with Gasteiger partial charge in [-0.1, -0.05) is 208 Å². The average Bonchev–Trinajstić information content (AvgIpc) is 1.63. The van der Waals surface area contributed by atoms with Crippen molar-refractivity contribution in [1.29, 1.82) is 0 Å². The quantitative estimate of drug-likeness (QED) is 0.0487. The molecular formula is C111H126N16O10. The van der Waals surface area contributed by atoms with Crippen molar-refractivity contribution in [2.75, 3.05) is 166 Å². The van der Waals surface area contributed by atoms with Gasteiger partial charge in [0.1, 0.15) is 33.6 Å². The molecule has 25 rings (SSSR count). The lowest BCUT2D eigenvalue weighted by molar-refractivity contribution is -0.117. The molecule has 26 heteroatoms. The number of rotatable bonds is 21. The molecule has 0 atom stereocenters. The Kier molecular flexibility index (Phi) is 25.9. The van der Waals surface area contributed by atoms with Crippen molar-refractivity contribution in [1.82, 2.24) is 40.2 Å². The number of piperazine rings is 4. The molecule has 0 unspecified atom stereocenters. The van der Waals surface area contributed by atoms with Crippen molar-refractivity contribution < 1.29 is 46.5 Å². The van der Waals surface area contributed by atoms with Gasteiger partial charge in [-0.15, -0.1) is 0 Å². The van der Waals surface area contributed by atoms with Crippen LogP contribution in [0.4, 0.5) is 45.5 Å². The van der Waals surface area contributed by atoms with Gasteiger partial charge in [-0.05, 0) is 115 Å². The van der Waals surface area contributed by atoms with Crippen molar-refractivity contribution in [3.8, 4) is 45.3 Å². The van der Waals surface area contributed by atoms with Crippen LogP contribution in [-0.2, 0) is 11.3 Å². The number of carbonyl (C=O) groups is 5. The summed E-state index contributed by atoms with van der Waals surface area (Å²) in [5, 5.41) is 35.8. The minimum absolute atomic E-state index is 0.00552. The van der Waals surface area contributed by atoms with Crippen LogP contribution in [-0.4, -0.2) is 218 Å². The molecule has 4 saturated carbocycles. The third kappa shape index (κ3) is 17.4. The first-order valence-corrected chi connectivity index (χ1v) is 51.2. The van der Waals surface area contributed by atoms with Gasteiger partial charge in [0.2, 0.25) is 0 Å². The lowest BCUT2D eigenvalue weighted by Gasteiger charge is -2.41. The highest BCUT2D eigenvalue weighted by Crippen LogP contribution is 2.53. The summed E-state index contributed by atoms with van der Waals surface area (Å²) >= 11 is 0. The third-order valence-corrected chi connectivity index (χ3v) is 31.5. The maximum atomic E-state index is 13.8. The molecule has 26 nitrogen and oxygen atoms in total. The highest BCUT2D eigenvalue weighted by atomic mass is 16.5. The monoisotopic (exact) mass is 1840 g/mol. The first-order valence-electron chi connectivity index (χ1n) is 51.2. The van der Waals surface area contributed by atoms with Gasteiger partial charge in [0.25, 0.3) is 0 Å². The number of aromatic nitrogens is 4. The van der Waals surface area contributed by atoms with Gasteiger partial charge in [0.05, 0.1) is 79.4 Å². The second-order valence-electron chi connectivity index (χ2n) is 39.9. The summed E-state index contributed by atoms with van der Waals surface area (Å²) in [6.07, 6.45) is 31.6. The second kappa shape index (κ2) is 39.5. The van der Waals surface area contributed by atoms with Gasteiger partial charge in [0, 0.05) is 216 Å². The summed E-state index contributed by atoms with van der Waals surface area (Å²) < 4.78 is 29.2.